The first-order valence-electron chi connectivity index (χ1n) is 8.74. The molecule has 1 aromatic carbocycles. The van der Waals surface area contributed by atoms with Crippen LogP contribution in [0.15, 0.2) is 45.9 Å². The van der Waals surface area contributed by atoms with Crippen molar-refractivity contribution < 1.29 is 22.4 Å². The third kappa shape index (κ3) is 5.16. The van der Waals surface area contributed by atoms with Gasteiger partial charge in [-0.2, -0.15) is 0 Å². The van der Waals surface area contributed by atoms with E-state index in [0.717, 1.165) is 18.4 Å². The molecule has 3 rings (SSSR count). The van der Waals surface area contributed by atoms with Crippen LogP contribution in [-0.2, 0) is 27.8 Å². The Balaban J connectivity index is 1.53. The highest BCUT2D eigenvalue weighted by Crippen LogP contribution is 2.14. The normalized spacial score (nSPS) is 17.1. The molecule has 0 radical (unpaired) electrons. The van der Waals surface area contributed by atoms with Crippen molar-refractivity contribution in [2.45, 2.75) is 36.9 Å². The van der Waals surface area contributed by atoms with Gasteiger partial charge in [-0.1, -0.05) is 12.1 Å². The monoisotopic (exact) mass is 393 g/mol. The van der Waals surface area contributed by atoms with Crippen molar-refractivity contribution in [3.05, 3.63) is 53.5 Å². The molecule has 2 heterocycles. The van der Waals surface area contributed by atoms with Gasteiger partial charge in [0.25, 0.3) is 5.91 Å². The number of rotatable bonds is 8. The lowest BCUT2D eigenvalue weighted by Gasteiger charge is -2.12. The predicted octanol–water partition coefficient (Wildman–Crippen LogP) is 1.13. The van der Waals surface area contributed by atoms with Crippen LogP contribution in [0.4, 0.5) is 0 Å². The van der Waals surface area contributed by atoms with Crippen molar-refractivity contribution in [2.75, 3.05) is 13.2 Å². The lowest BCUT2D eigenvalue weighted by atomic mass is 10.2. The van der Waals surface area contributed by atoms with Crippen LogP contribution in [0.25, 0.3) is 0 Å². The van der Waals surface area contributed by atoms with E-state index in [-0.39, 0.29) is 36.5 Å². The molecule has 1 saturated heterocycles. The SMILES string of the molecule is NCc1cc(C(=O)NCc2ccc(S(=O)(=O)NCC3CCCO3)cc2)co1. The summed E-state index contributed by atoms with van der Waals surface area (Å²) in [6.07, 6.45) is 3.12. The standard InChI is InChI=1S/C18H23N3O5S/c19-9-16-8-14(12-26-16)18(22)20-10-13-3-5-17(6-4-13)27(23,24)21-11-15-2-1-7-25-15/h3-6,8,12,15,21H,1-2,7,9-11,19H2,(H,20,22). The number of furan rings is 1. The minimum absolute atomic E-state index is 0.0584. The quantitative estimate of drug-likeness (QED) is 0.618. The zero-order chi connectivity index (χ0) is 19.3. The van der Waals surface area contributed by atoms with Crippen molar-refractivity contribution in [2.24, 2.45) is 5.73 Å². The largest absolute Gasteiger partial charge is 0.467 e. The number of carbonyl (C=O) groups excluding carboxylic acids is 1. The number of amides is 1. The Kier molecular flexibility index (Phi) is 6.27. The van der Waals surface area contributed by atoms with E-state index in [2.05, 4.69) is 10.0 Å². The second-order valence-electron chi connectivity index (χ2n) is 6.32. The Morgan fingerprint density at radius 2 is 2.04 bits per heavy atom. The molecule has 0 saturated carbocycles. The molecule has 0 bridgehead atoms. The van der Waals surface area contributed by atoms with E-state index in [4.69, 9.17) is 14.9 Å². The summed E-state index contributed by atoms with van der Waals surface area (Å²) in [4.78, 5) is 12.2. The van der Waals surface area contributed by atoms with Gasteiger partial charge in [-0.3, -0.25) is 4.79 Å². The Hall–Kier alpha value is -2.20. The van der Waals surface area contributed by atoms with Crippen LogP contribution < -0.4 is 15.8 Å². The number of hydrogen-bond acceptors (Lipinski definition) is 6. The molecule has 0 aliphatic carbocycles. The highest BCUT2D eigenvalue weighted by molar-refractivity contribution is 7.89. The van der Waals surface area contributed by atoms with Crippen molar-refractivity contribution >= 4 is 15.9 Å². The van der Waals surface area contributed by atoms with E-state index in [1.807, 2.05) is 0 Å². The maximum atomic E-state index is 12.3. The van der Waals surface area contributed by atoms with Gasteiger partial charge in [0.05, 0.1) is 23.1 Å². The molecule has 1 aliphatic heterocycles. The van der Waals surface area contributed by atoms with Crippen LogP contribution in [0.2, 0.25) is 0 Å². The Bertz CT molecular complexity index is 871. The van der Waals surface area contributed by atoms with Crippen molar-refractivity contribution in [1.82, 2.24) is 10.0 Å². The van der Waals surface area contributed by atoms with Gasteiger partial charge in [-0.15, -0.1) is 0 Å². The van der Waals surface area contributed by atoms with Crippen LogP contribution in [0.5, 0.6) is 0 Å². The van der Waals surface area contributed by atoms with Crippen LogP contribution in [0, 0.1) is 0 Å². The molecule has 8 nitrogen and oxygen atoms in total. The summed E-state index contributed by atoms with van der Waals surface area (Å²) in [6.45, 7) is 1.45. The maximum absolute atomic E-state index is 12.3. The molecular formula is C18H23N3O5S. The van der Waals surface area contributed by atoms with Gasteiger partial charge in [-0.25, -0.2) is 13.1 Å². The van der Waals surface area contributed by atoms with Crippen molar-refractivity contribution in [1.29, 1.82) is 0 Å². The minimum atomic E-state index is -3.58. The number of benzene rings is 1. The lowest BCUT2D eigenvalue weighted by molar-refractivity contribution is 0.0950. The minimum Gasteiger partial charge on any atom is -0.467 e. The maximum Gasteiger partial charge on any atom is 0.254 e. The van der Waals surface area contributed by atoms with E-state index in [0.29, 0.717) is 17.9 Å². The summed E-state index contributed by atoms with van der Waals surface area (Å²) in [5.41, 5.74) is 6.63. The smallest absolute Gasteiger partial charge is 0.254 e. The second kappa shape index (κ2) is 8.66. The molecule has 1 aliphatic rings. The van der Waals surface area contributed by atoms with Gasteiger partial charge >= 0.3 is 0 Å². The van der Waals surface area contributed by atoms with E-state index >= 15 is 0 Å². The third-order valence-electron chi connectivity index (χ3n) is 4.33. The van der Waals surface area contributed by atoms with Crippen molar-refractivity contribution in [3.63, 3.8) is 0 Å². The highest BCUT2D eigenvalue weighted by Gasteiger charge is 2.20. The number of nitrogens with one attached hydrogen (secondary N) is 2. The first kappa shape index (κ1) is 19.6. The predicted molar refractivity (Wildman–Crippen MR) is 98.4 cm³/mol. The molecule has 1 amide bonds. The van der Waals surface area contributed by atoms with Crippen LogP contribution in [0.3, 0.4) is 0 Å². The molecule has 1 unspecified atom stereocenters. The summed E-state index contributed by atoms with van der Waals surface area (Å²) in [7, 11) is -3.58. The number of hydrogen-bond donors (Lipinski definition) is 3. The van der Waals surface area contributed by atoms with E-state index in [1.54, 1.807) is 18.2 Å². The zero-order valence-electron chi connectivity index (χ0n) is 14.8. The van der Waals surface area contributed by atoms with Crippen LogP contribution >= 0.6 is 0 Å². The topological polar surface area (TPSA) is 124 Å². The van der Waals surface area contributed by atoms with Gasteiger partial charge in [0.15, 0.2) is 0 Å². The second-order valence-corrected chi connectivity index (χ2v) is 8.09. The summed E-state index contributed by atoms with van der Waals surface area (Å²) < 4.78 is 37.8. The molecule has 0 spiro atoms. The number of ether oxygens (including phenoxy) is 1. The summed E-state index contributed by atoms with van der Waals surface area (Å²) in [5.74, 6) is 0.249. The van der Waals surface area contributed by atoms with E-state index in [1.165, 1.54) is 18.4 Å². The summed E-state index contributed by atoms with van der Waals surface area (Å²) in [5, 5.41) is 2.75. The number of nitrogens with two attached hydrogens (primary N) is 1. The fourth-order valence-electron chi connectivity index (χ4n) is 2.77. The molecule has 27 heavy (non-hydrogen) atoms. The first-order valence-corrected chi connectivity index (χ1v) is 10.2. The molecule has 1 aromatic heterocycles. The number of sulfonamides is 1. The Morgan fingerprint density at radius 1 is 1.26 bits per heavy atom. The van der Waals surface area contributed by atoms with Gasteiger partial charge in [-0.05, 0) is 36.6 Å². The van der Waals surface area contributed by atoms with E-state index in [9.17, 15) is 13.2 Å². The molecule has 146 valence electrons. The lowest BCUT2D eigenvalue weighted by Crippen LogP contribution is -2.31. The van der Waals surface area contributed by atoms with Gasteiger partial charge in [0, 0.05) is 19.7 Å². The van der Waals surface area contributed by atoms with Gasteiger partial charge in [0.1, 0.15) is 12.0 Å². The van der Waals surface area contributed by atoms with Crippen LogP contribution in [-0.4, -0.2) is 33.6 Å². The Morgan fingerprint density at radius 3 is 2.67 bits per heavy atom. The van der Waals surface area contributed by atoms with E-state index < -0.39 is 10.0 Å². The Labute approximate surface area is 158 Å². The van der Waals surface area contributed by atoms with Gasteiger partial charge in [0.2, 0.25) is 10.0 Å². The molecule has 2 aromatic rings. The average molecular weight is 393 g/mol. The van der Waals surface area contributed by atoms with Crippen molar-refractivity contribution in [3.8, 4) is 0 Å². The molecule has 1 atom stereocenters. The molecule has 1 fully saturated rings. The summed E-state index contributed by atoms with van der Waals surface area (Å²) >= 11 is 0. The fraction of sp³-hybridized carbons (Fsp3) is 0.389. The molecule has 9 heteroatoms. The summed E-state index contributed by atoms with van der Waals surface area (Å²) in [6, 6.07) is 7.96. The average Bonchev–Trinajstić information content (AvgIpc) is 3.36. The fourth-order valence-corrected chi connectivity index (χ4v) is 3.84. The third-order valence-corrected chi connectivity index (χ3v) is 5.77. The highest BCUT2D eigenvalue weighted by atomic mass is 32.2. The zero-order valence-corrected chi connectivity index (χ0v) is 15.6. The van der Waals surface area contributed by atoms with Gasteiger partial charge < -0.3 is 20.2 Å². The molecular weight excluding hydrogens is 370 g/mol. The van der Waals surface area contributed by atoms with Crippen LogP contribution in [0.1, 0.15) is 34.5 Å². The molecule has 4 N–H and O–H groups in total. The number of carbonyl (C=O) groups is 1. The first-order chi connectivity index (χ1) is 13.0.